The molecule has 7 rings (SSSR count). The lowest BCUT2D eigenvalue weighted by atomic mass is 9.81. The number of carbonyl (C=O) groups is 11. The van der Waals surface area contributed by atoms with Gasteiger partial charge in [0, 0.05) is 170 Å². The van der Waals surface area contributed by atoms with Gasteiger partial charge in [0.25, 0.3) is 11.8 Å². The van der Waals surface area contributed by atoms with Gasteiger partial charge in [-0.25, -0.2) is 0 Å². The molecular weight excluding hydrogens is 1830 g/mol. The highest BCUT2D eigenvalue weighted by molar-refractivity contribution is 6.15. The molecule has 1 unspecified atom stereocenters. The number of aryl methyl sites for hydroxylation is 2. The zero-order valence-corrected chi connectivity index (χ0v) is 92.6. The van der Waals surface area contributed by atoms with E-state index in [0.29, 0.717) is 147 Å². The number of imide groups is 1. The van der Waals surface area contributed by atoms with Gasteiger partial charge >= 0.3 is 17.9 Å². The fourth-order valence-electron chi connectivity index (χ4n) is 19.5. The smallest absolute Gasteiger partial charge is 0.317 e. The lowest BCUT2D eigenvalue weighted by Gasteiger charge is -2.32. The van der Waals surface area contributed by atoms with Gasteiger partial charge in [-0.05, 0) is 158 Å². The van der Waals surface area contributed by atoms with Crippen molar-refractivity contribution in [2.45, 2.75) is 372 Å². The number of benzene rings is 3. The lowest BCUT2D eigenvalue weighted by Crippen LogP contribution is -2.49. The molecule has 4 aliphatic heterocycles. The normalized spacial score (nSPS) is 15.5. The highest BCUT2D eigenvalue weighted by Crippen LogP contribution is 2.48. The standard InChI is InChI=1S/C51H69N5O4.C29H49NO2.C25H47N5O7.C15H26O.CH4/c1-38(2)24-12-8-9-21-36-53-49(60)43(56-47(58)33-34-48(56)59)29-20-22-35-52-46(57)32-15-11-23-37-55-42-28-19-17-26-40(42)51(5,6)45(55)31-14-10-13-30-44-50(3,4)39-25-16-18-27-41(39)54(44)7;1-6-30(23-29(32)22-27-20-25(4)19-26(5)21-27)18-14-10-13-17-28(31)16-12-9-7-8-11-15-24(2)3;1-21(2)7-5-3-4-6-8-26-22(31)17-27-9-11-28(18-23(32)33)13-15-30(20-25(36)37)16-14-29(12-10-27)19-24(34)35;1-4-5-12-15(16)13-10-8-6-7-9-11-14(2)3;/h10,13-14,16-19,25-28,30-31,33-34,38,43H,8-9,11-12,15,20-24,29,32,35-37H2,1-7H3,(H-,52,53,57,60);19-21,24H,6-18,22-23H2,1-5H3;21H,3-20H2,1-2H3,(H,26,31)(H,32,33)(H,34,35)(H,36,37);1,14H,5-13H2,2-3H3;1H4/p+1. The highest BCUT2D eigenvalue weighted by Gasteiger charge is 2.43. The van der Waals surface area contributed by atoms with Gasteiger partial charge in [-0.15, -0.1) is 12.3 Å². The van der Waals surface area contributed by atoms with Crippen molar-refractivity contribution in [1.29, 1.82) is 0 Å². The minimum Gasteiger partial charge on any atom is -0.480 e. The zero-order valence-electron chi connectivity index (χ0n) is 92.6. The molecule has 818 valence electrons. The molecule has 3 aromatic carbocycles. The van der Waals surface area contributed by atoms with E-state index >= 15 is 0 Å². The van der Waals surface area contributed by atoms with Crippen molar-refractivity contribution in [3.05, 3.63) is 143 Å². The number of anilines is 1. The summed E-state index contributed by atoms with van der Waals surface area (Å²) in [6, 6.07) is 22.8. The van der Waals surface area contributed by atoms with E-state index in [-0.39, 0.29) is 67.9 Å². The Hall–Kier alpha value is -9.58. The number of nitrogens with one attached hydrogen (secondary N) is 3. The Labute approximate surface area is 882 Å². The third-order valence-corrected chi connectivity index (χ3v) is 27.8. The monoisotopic (exact) mass is 2030 g/mol. The summed E-state index contributed by atoms with van der Waals surface area (Å²) >= 11 is 0. The predicted molar refractivity (Wildman–Crippen MR) is 598 cm³/mol. The molecular formula is C121H196N11O14+. The van der Waals surface area contributed by atoms with Crippen molar-refractivity contribution in [3.63, 3.8) is 0 Å². The molecule has 1 saturated heterocycles. The van der Waals surface area contributed by atoms with Crippen LogP contribution in [0.3, 0.4) is 0 Å². The maximum Gasteiger partial charge on any atom is 0.317 e. The third-order valence-electron chi connectivity index (χ3n) is 27.8. The fourth-order valence-corrected chi connectivity index (χ4v) is 19.5. The van der Waals surface area contributed by atoms with Gasteiger partial charge in [0.2, 0.25) is 23.4 Å². The quantitative estimate of drug-likeness (QED) is 0.0101. The number of fused-ring (bicyclic) bond motifs is 2. The van der Waals surface area contributed by atoms with Crippen LogP contribution in [0.5, 0.6) is 0 Å². The largest absolute Gasteiger partial charge is 0.480 e. The van der Waals surface area contributed by atoms with Crippen LogP contribution in [0.15, 0.2) is 115 Å². The topological polar surface area (TPSA) is 310 Å². The van der Waals surface area contributed by atoms with Crippen LogP contribution in [0, 0.1) is 49.9 Å². The predicted octanol–water partition coefficient (Wildman–Crippen LogP) is 21.8. The summed E-state index contributed by atoms with van der Waals surface area (Å²) in [6.07, 6.45) is 56.3. The summed E-state index contributed by atoms with van der Waals surface area (Å²) in [7, 11) is 2.14. The number of carbonyl (C=O) groups excluding carboxylic acids is 8. The van der Waals surface area contributed by atoms with Crippen molar-refractivity contribution in [3.8, 4) is 12.3 Å². The second-order valence-corrected chi connectivity index (χ2v) is 43.4. The number of hydrogen-bond acceptors (Lipinski definition) is 17. The molecule has 0 aliphatic carbocycles. The molecule has 0 radical (unpaired) electrons. The number of amides is 5. The Morgan fingerprint density at radius 3 is 1.36 bits per heavy atom. The molecule has 0 spiro atoms. The summed E-state index contributed by atoms with van der Waals surface area (Å²) in [6.45, 7) is 41.0. The zero-order chi connectivity index (χ0) is 107. The van der Waals surface area contributed by atoms with E-state index in [9.17, 15) is 68.1 Å². The Kier molecular flexibility index (Phi) is 67.2. The van der Waals surface area contributed by atoms with Crippen LogP contribution in [0.25, 0.3) is 0 Å². The molecule has 1 fully saturated rings. The molecule has 25 heteroatoms. The summed E-state index contributed by atoms with van der Waals surface area (Å²) in [5.41, 5.74) is 11.1. The molecule has 4 aliphatic rings. The number of nitrogens with zero attached hydrogens (tertiary/aromatic N) is 8. The number of hydrogen-bond donors (Lipinski definition) is 6. The van der Waals surface area contributed by atoms with Gasteiger partial charge in [0.1, 0.15) is 24.7 Å². The maximum absolute atomic E-state index is 13.1. The maximum atomic E-state index is 13.1. The molecule has 146 heavy (non-hydrogen) atoms. The molecule has 5 amide bonds. The van der Waals surface area contributed by atoms with Crippen LogP contribution in [0.1, 0.15) is 363 Å². The number of carboxylic acids is 3. The van der Waals surface area contributed by atoms with E-state index < -0.39 is 35.8 Å². The van der Waals surface area contributed by atoms with Gasteiger partial charge in [0.15, 0.2) is 11.5 Å². The fraction of sp³-hybridized carbons (Fsp3) is 0.669. The first-order valence-electron chi connectivity index (χ1n) is 55.6. The second-order valence-electron chi connectivity index (χ2n) is 43.4. The van der Waals surface area contributed by atoms with Crippen LogP contribution in [-0.4, -0.2) is 257 Å². The van der Waals surface area contributed by atoms with E-state index in [2.05, 4.69) is 244 Å². The number of unbranched alkanes of at least 4 members (excludes halogenated alkanes) is 19. The van der Waals surface area contributed by atoms with Crippen LogP contribution in [0.2, 0.25) is 0 Å². The van der Waals surface area contributed by atoms with E-state index in [1.807, 2.05) is 4.90 Å². The second kappa shape index (κ2) is 75.2. The van der Waals surface area contributed by atoms with Crippen molar-refractivity contribution in [2.75, 3.05) is 136 Å². The van der Waals surface area contributed by atoms with Gasteiger partial charge in [-0.2, -0.15) is 4.58 Å². The summed E-state index contributed by atoms with van der Waals surface area (Å²) in [5, 5.41) is 36.8. The number of rotatable bonds is 67. The highest BCUT2D eigenvalue weighted by atomic mass is 16.4. The van der Waals surface area contributed by atoms with Gasteiger partial charge in [0.05, 0.1) is 38.1 Å². The number of aliphatic carboxylic acids is 3. The number of Topliss-reactive ketones (excluding diaryl/α,β-unsaturated/α-hetero) is 3. The molecule has 1 atom stereocenters. The summed E-state index contributed by atoms with van der Waals surface area (Å²) in [4.78, 5) is 146. The lowest BCUT2D eigenvalue weighted by molar-refractivity contribution is -0.401. The van der Waals surface area contributed by atoms with Crippen molar-refractivity contribution in [1.82, 2.24) is 45.3 Å². The SMILES string of the molecule is C.C#CCCC(=O)CCCCCCCC(C)C.CC(C)CCCCCCNC(=O)C(CCCCNC(=O)CCCCCN1C(=CC=CC=CC2=[N+](C)c3ccccc3C2(C)C)C(C)(C)c2ccccc21)N1C(=O)C=CC1=O.CC(C)CCCCCCNC(=O)CN1CCN(CC(=O)O)CCN(CC(=O)O)CCN(CC(=O)O)CC1.CCN(CCCCCC(=O)CCCCCCCC(C)C)CC(=O)Cc1cc(C)cc(C)c1. The Balaban J connectivity index is 0.000000547. The molecule has 0 aromatic heterocycles. The van der Waals surface area contributed by atoms with E-state index in [1.54, 1.807) is 14.7 Å². The summed E-state index contributed by atoms with van der Waals surface area (Å²) < 4.78 is 2.29. The van der Waals surface area contributed by atoms with Crippen molar-refractivity contribution < 1.29 is 72.6 Å². The molecule has 4 heterocycles. The van der Waals surface area contributed by atoms with E-state index in [4.69, 9.17) is 6.42 Å². The Morgan fingerprint density at radius 1 is 0.466 bits per heavy atom. The molecule has 0 bridgehead atoms. The molecule has 0 saturated carbocycles. The third kappa shape index (κ3) is 55.6. The molecule has 25 nitrogen and oxygen atoms in total. The van der Waals surface area contributed by atoms with Gasteiger partial charge in [-0.1, -0.05) is 296 Å². The van der Waals surface area contributed by atoms with Crippen molar-refractivity contribution in [2.24, 2.45) is 23.7 Å². The number of carboxylic acid groups (broad SMARTS) is 3. The Bertz CT molecular complexity index is 4500. The van der Waals surface area contributed by atoms with Crippen LogP contribution in [-0.2, 0) is 70.0 Å². The van der Waals surface area contributed by atoms with Gasteiger partial charge in [-0.3, -0.25) is 82.1 Å². The average Bonchev–Trinajstić information content (AvgIpc) is 1.60. The number of ketones is 3. The van der Waals surface area contributed by atoms with E-state index in [1.165, 1.54) is 147 Å². The Morgan fingerprint density at radius 2 is 0.877 bits per heavy atom. The minimum absolute atomic E-state index is 0. The van der Waals surface area contributed by atoms with Crippen LogP contribution in [0.4, 0.5) is 11.4 Å². The van der Waals surface area contributed by atoms with Gasteiger partial charge < -0.3 is 36.2 Å². The number of terminal acetylenes is 1. The first-order valence-corrected chi connectivity index (χ1v) is 55.6. The van der Waals surface area contributed by atoms with E-state index in [0.717, 1.165) is 151 Å². The van der Waals surface area contributed by atoms with Crippen LogP contribution < -0.4 is 20.9 Å². The number of para-hydroxylation sites is 2. The number of allylic oxidation sites excluding steroid dienone is 6. The summed E-state index contributed by atoms with van der Waals surface area (Å²) in [5.74, 6) is 2.40. The average molecular weight is 2030 g/mol. The number of likely N-dealkylation sites (N-methyl/N-ethyl adjacent to an activating group) is 1. The molecule has 3 aromatic rings. The first-order chi connectivity index (χ1) is 69.2. The first kappa shape index (κ1) is 131. The van der Waals surface area contributed by atoms with Crippen molar-refractivity contribution >= 4 is 81.9 Å². The van der Waals surface area contributed by atoms with Crippen LogP contribution >= 0.6 is 0 Å². The molecule has 6 N–H and O–H groups in total. The minimum atomic E-state index is -0.991.